The first-order valence-corrected chi connectivity index (χ1v) is 3.51. The van der Waals surface area contributed by atoms with Crippen molar-refractivity contribution in [3.8, 4) is 6.07 Å². The van der Waals surface area contributed by atoms with Crippen molar-refractivity contribution in [3.63, 3.8) is 0 Å². The largest absolute Gasteiger partial charge is 0.471 e. The van der Waals surface area contributed by atoms with E-state index in [1.54, 1.807) is 6.07 Å². The summed E-state index contributed by atoms with van der Waals surface area (Å²) in [5, 5.41) is 8.20. The maximum Gasteiger partial charge on any atom is 0.471 e. The van der Waals surface area contributed by atoms with Gasteiger partial charge in [-0.05, 0) is 6.92 Å². The van der Waals surface area contributed by atoms with Gasteiger partial charge in [0.1, 0.15) is 0 Å². The summed E-state index contributed by atoms with van der Waals surface area (Å²) in [5.41, 5.74) is 0. The molecule has 0 heterocycles. The third-order valence-electron chi connectivity index (χ3n) is 1.61. The van der Waals surface area contributed by atoms with Crippen LogP contribution in [0, 0.1) is 11.3 Å². The van der Waals surface area contributed by atoms with E-state index < -0.39 is 18.1 Å². The first-order chi connectivity index (χ1) is 5.80. The van der Waals surface area contributed by atoms with Crippen LogP contribution < -0.4 is 0 Å². The first-order valence-electron chi connectivity index (χ1n) is 3.51. The molecule has 0 aromatic rings. The molecule has 74 valence electrons. The molecule has 6 heteroatoms. The van der Waals surface area contributed by atoms with Gasteiger partial charge in [-0.3, -0.25) is 4.79 Å². The average molecular weight is 194 g/mol. The number of carbonyl (C=O) groups excluding carboxylic acids is 1. The van der Waals surface area contributed by atoms with E-state index in [-0.39, 0.29) is 6.42 Å². The van der Waals surface area contributed by atoms with Crippen molar-refractivity contribution in [2.45, 2.75) is 25.6 Å². The molecule has 3 nitrogen and oxygen atoms in total. The predicted molar refractivity (Wildman–Crippen MR) is 38.5 cm³/mol. The standard InChI is InChI=1S/C7H9F3N2O/c1-5(3-4-11)12(2)6(13)7(8,9)10/h5H,3H2,1-2H3. The quantitative estimate of drug-likeness (QED) is 0.665. The summed E-state index contributed by atoms with van der Waals surface area (Å²) >= 11 is 0. The van der Waals surface area contributed by atoms with Crippen LogP contribution >= 0.6 is 0 Å². The van der Waals surface area contributed by atoms with E-state index in [4.69, 9.17) is 5.26 Å². The number of hydrogen-bond acceptors (Lipinski definition) is 2. The number of hydrogen-bond donors (Lipinski definition) is 0. The number of nitrogens with zero attached hydrogens (tertiary/aromatic N) is 2. The molecule has 1 unspecified atom stereocenters. The number of amides is 1. The van der Waals surface area contributed by atoms with Crippen molar-refractivity contribution in [2.75, 3.05) is 7.05 Å². The van der Waals surface area contributed by atoms with Crippen molar-refractivity contribution < 1.29 is 18.0 Å². The Kier molecular flexibility index (Phi) is 3.72. The fraction of sp³-hybridized carbons (Fsp3) is 0.714. The molecule has 0 saturated carbocycles. The second kappa shape index (κ2) is 4.12. The summed E-state index contributed by atoms with van der Waals surface area (Å²) in [7, 11) is 1.03. The van der Waals surface area contributed by atoms with E-state index in [1.165, 1.54) is 6.92 Å². The lowest BCUT2D eigenvalue weighted by atomic mass is 10.2. The molecule has 0 aliphatic heterocycles. The van der Waals surface area contributed by atoms with E-state index in [0.29, 0.717) is 4.90 Å². The van der Waals surface area contributed by atoms with Crippen molar-refractivity contribution in [1.29, 1.82) is 5.26 Å². The van der Waals surface area contributed by atoms with Gasteiger partial charge in [-0.1, -0.05) is 0 Å². The predicted octanol–water partition coefficient (Wildman–Crippen LogP) is 1.31. The van der Waals surface area contributed by atoms with Crippen LogP contribution in [0.1, 0.15) is 13.3 Å². The normalized spacial score (nSPS) is 13.2. The Balaban J connectivity index is 4.36. The molecule has 0 saturated heterocycles. The molecule has 0 rings (SSSR count). The van der Waals surface area contributed by atoms with Crippen LogP contribution in [0.2, 0.25) is 0 Å². The zero-order valence-corrected chi connectivity index (χ0v) is 7.22. The van der Waals surface area contributed by atoms with Gasteiger partial charge in [0.15, 0.2) is 0 Å². The lowest BCUT2D eigenvalue weighted by Gasteiger charge is -2.23. The summed E-state index contributed by atoms with van der Waals surface area (Å²) in [5.74, 6) is -1.92. The fourth-order valence-electron chi connectivity index (χ4n) is 0.669. The molecule has 1 atom stereocenters. The number of halogens is 3. The van der Waals surface area contributed by atoms with E-state index in [0.717, 1.165) is 7.05 Å². The minimum atomic E-state index is -4.86. The Morgan fingerprint density at radius 1 is 1.62 bits per heavy atom. The fourth-order valence-corrected chi connectivity index (χ4v) is 0.669. The maximum absolute atomic E-state index is 11.8. The molecule has 1 amide bonds. The minimum Gasteiger partial charge on any atom is -0.334 e. The number of alkyl halides is 3. The second-order valence-corrected chi connectivity index (χ2v) is 2.63. The summed E-state index contributed by atoms with van der Waals surface area (Å²) in [6, 6.07) is 0.970. The highest BCUT2D eigenvalue weighted by molar-refractivity contribution is 5.81. The summed E-state index contributed by atoms with van der Waals surface area (Å²) in [6.07, 6.45) is -4.98. The molecule has 0 spiro atoms. The topological polar surface area (TPSA) is 44.1 Å². The third kappa shape index (κ3) is 3.32. The van der Waals surface area contributed by atoms with E-state index in [2.05, 4.69) is 0 Å². The molecule has 0 N–H and O–H groups in total. The van der Waals surface area contributed by atoms with Gasteiger partial charge >= 0.3 is 12.1 Å². The molecule has 0 bridgehead atoms. The van der Waals surface area contributed by atoms with Crippen molar-refractivity contribution in [1.82, 2.24) is 4.90 Å². The molecular formula is C7H9F3N2O. The lowest BCUT2D eigenvalue weighted by molar-refractivity contribution is -0.185. The van der Waals surface area contributed by atoms with Gasteiger partial charge in [0.2, 0.25) is 0 Å². The Labute approximate surface area is 73.7 Å². The highest BCUT2D eigenvalue weighted by atomic mass is 19.4. The van der Waals surface area contributed by atoms with E-state index in [9.17, 15) is 18.0 Å². The van der Waals surface area contributed by atoms with Crippen molar-refractivity contribution in [2.24, 2.45) is 0 Å². The van der Waals surface area contributed by atoms with Crippen LogP contribution in [0.15, 0.2) is 0 Å². The smallest absolute Gasteiger partial charge is 0.334 e. The number of nitriles is 1. The second-order valence-electron chi connectivity index (χ2n) is 2.63. The van der Waals surface area contributed by atoms with Crippen molar-refractivity contribution >= 4 is 5.91 Å². The zero-order valence-electron chi connectivity index (χ0n) is 7.22. The SMILES string of the molecule is CC(CC#N)N(C)C(=O)C(F)(F)F. The maximum atomic E-state index is 11.8. The Morgan fingerprint density at radius 3 is 2.38 bits per heavy atom. The van der Waals surface area contributed by atoms with E-state index in [1.807, 2.05) is 0 Å². The van der Waals surface area contributed by atoms with Crippen LogP contribution in [0.25, 0.3) is 0 Å². The summed E-state index contributed by atoms with van der Waals surface area (Å²) < 4.78 is 35.5. The first kappa shape index (κ1) is 11.8. The average Bonchev–Trinajstić information content (AvgIpc) is 2.00. The van der Waals surface area contributed by atoms with Gasteiger partial charge in [-0.2, -0.15) is 18.4 Å². The van der Waals surface area contributed by atoms with Gasteiger partial charge < -0.3 is 4.90 Å². The van der Waals surface area contributed by atoms with Gasteiger partial charge in [0.05, 0.1) is 12.5 Å². The van der Waals surface area contributed by atoms with Gasteiger partial charge in [-0.25, -0.2) is 0 Å². The Bertz CT molecular complexity index is 231. The van der Waals surface area contributed by atoms with Crippen LogP contribution in [0.3, 0.4) is 0 Å². The lowest BCUT2D eigenvalue weighted by Crippen LogP contribution is -2.43. The van der Waals surface area contributed by atoms with Crippen molar-refractivity contribution in [3.05, 3.63) is 0 Å². The molecule has 0 aliphatic carbocycles. The van der Waals surface area contributed by atoms with Gasteiger partial charge in [0.25, 0.3) is 0 Å². The molecule has 0 aromatic carbocycles. The van der Waals surface area contributed by atoms with Crippen LogP contribution in [0.5, 0.6) is 0 Å². The number of rotatable bonds is 2. The van der Waals surface area contributed by atoms with Gasteiger partial charge in [0, 0.05) is 13.1 Å². The van der Waals surface area contributed by atoms with E-state index >= 15 is 0 Å². The zero-order chi connectivity index (χ0) is 10.6. The highest BCUT2D eigenvalue weighted by Gasteiger charge is 2.42. The molecule has 0 fully saturated rings. The van der Waals surface area contributed by atoms with Crippen LogP contribution in [0.4, 0.5) is 13.2 Å². The van der Waals surface area contributed by atoms with Gasteiger partial charge in [-0.15, -0.1) is 0 Å². The molecule has 0 aromatic heterocycles. The minimum absolute atomic E-state index is 0.113. The van der Waals surface area contributed by atoms with Crippen LogP contribution in [-0.4, -0.2) is 30.1 Å². The summed E-state index contributed by atoms with van der Waals surface area (Å²) in [6.45, 7) is 1.38. The monoisotopic (exact) mass is 194 g/mol. The molecular weight excluding hydrogens is 185 g/mol. The highest BCUT2D eigenvalue weighted by Crippen LogP contribution is 2.19. The molecule has 13 heavy (non-hydrogen) atoms. The van der Waals surface area contributed by atoms with Crippen LogP contribution in [-0.2, 0) is 4.79 Å². The molecule has 0 radical (unpaired) electrons. The summed E-state index contributed by atoms with van der Waals surface area (Å²) in [4.78, 5) is 11.1. The number of carbonyl (C=O) groups is 1. The molecule has 0 aliphatic rings. The third-order valence-corrected chi connectivity index (χ3v) is 1.61. The Morgan fingerprint density at radius 2 is 2.08 bits per heavy atom. The Hall–Kier alpha value is -1.25.